The van der Waals surface area contributed by atoms with Gasteiger partial charge in [0, 0.05) is 19.0 Å². The maximum absolute atomic E-state index is 2.44. The molecule has 1 nitrogen and oxygen atoms in total. The smallest absolute Gasteiger partial charge is 0.0283 e. The van der Waals surface area contributed by atoms with Crippen LogP contribution in [0.15, 0.2) is 23.9 Å². The van der Waals surface area contributed by atoms with E-state index in [0.29, 0.717) is 29.2 Å². The first kappa shape index (κ1) is 17.3. The SMILES string of the molecule is CCC(C)(CC)C(C)C(C)N(C)/C=C(/C)C1C=CC1C. The Balaban J connectivity index is 2.73. The van der Waals surface area contributed by atoms with Crippen LogP contribution in [-0.2, 0) is 0 Å². The quantitative estimate of drug-likeness (QED) is 0.556. The maximum Gasteiger partial charge on any atom is 0.0283 e. The summed E-state index contributed by atoms with van der Waals surface area (Å²) in [6.45, 7) is 16.5. The topological polar surface area (TPSA) is 3.24 Å². The molecule has 0 aromatic heterocycles. The van der Waals surface area contributed by atoms with Crippen LogP contribution in [0.25, 0.3) is 0 Å². The Morgan fingerprint density at radius 2 is 1.80 bits per heavy atom. The van der Waals surface area contributed by atoms with Crippen molar-refractivity contribution < 1.29 is 0 Å². The Hall–Kier alpha value is -0.720. The van der Waals surface area contributed by atoms with Gasteiger partial charge in [-0.15, -0.1) is 0 Å². The van der Waals surface area contributed by atoms with E-state index in [4.69, 9.17) is 0 Å². The van der Waals surface area contributed by atoms with Crippen molar-refractivity contribution in [3.05, 3.63) is 23.9 Å². The zero-order chi connectivity index (χ0) is 15.5. The van der Waals surface area contributed by atoms with Crippen LogP contribution in [0.4, 0.5) is 0 Å². The van der Waals surface area contributed by atoms with Gasteiger partial charge in [-0.3, -0.25) is 0 Å². The number of allylic oxidation sites excluding steroid dienone is 3. The molecule has 1 aliphatic rings. The summed E-state index contributed by atoms with van der Waals surface area (Å²) in [6.07, 6.45) is 9.53. The van der Waals surface area contributed by atoms with Crippen molar-refractivity contribution in [2.75, 3.05) is 7.05 Å². The lowest BCUT2D eigenvalue weighted by Gasteiger charge is -2.41. The Morgan fingerprint density at radius 1 is 1.25 bits per heavy atom. The lowest BCUT2D eigenvalue weighted by atomic mass is 9.70. The molecule has 0 saturated heterocycles. The molecule has 0 bridgehead atoms. The van der Waals surface area contributed by atoms with Gasteiger partial charge in [0.1, 0.15) is 0 Å². The molecule has 4 unspecified atom stereocenters. The van der Waals surface area contributed by atoms with Crippen LogP contribution in [0.5, 0.6) is 0 Å². The van der Waals surface area contributed by atoms with Gasteiger partial charge >= 0.3 is 0 Å². The highest BCUT2D eigenvalue weighted by molar-refractivity contribution is 5.22. The standard InChI is InChI=1S/C19H35N/c1-9-19(7,10-2)16(5)17(6)20(8)13-15(4)18-12-11-14(18)3/h11-14,16-18H,9-10H2,1-8H3/b15-13-. The van der Waals surface area contributed by atoms with Crippen LogP contribution < -0.4 is 0 Å². The van der Waals surface area contributed by atoms with Crippen LogP contribution in [-0.4, -0.2) is 18.0 Å². The zero-order valence-corrected chi connectivity index (χ0v) is 14.9. The largest absolute Gasteiger partial charge is 0.377 e. The third kappa shape index (κ3) is 3.48. The molecule has 0 aromatic carbocycles. The molecular formula is C19H35N. The van der Waals surface area contributed by atoms with E-state index in [0.717, 1.165) is 0 Å². The molecule has 4 atom stereocenters. The van der Waals surface area contributed by atoms with Gasteiger partial charge in [-0.05, 0) is 42.9 Å². The fourth-order valence-electron chi connectivity index (χ4n) is 3.36. The van der Waals surface area contributed by atoms with Crippen molar-refractivity contribution in [1.82, 2.24) is 4.90 Å². The molecule has 0 saturated carbocycles. The van der Waals surface area contributed by atoms with Crippen molar-refractivity contribution in [3.63, 3.8) is 0 Å². The van der Waals surface area contributed by atoms with E-state index in [1.54, 1.807) is 0 Å². The van der Waals surface area contributed by atoms with Crippen molar-refractivity contribution in [1.29, 1.82) is 0 Å². The summed E-state index contributed by atoms with van der Waals surface area (Å²) in [6, 6.07) is 0.578. The van der Waals surface area contributed by atoms with Crippen molar-refractivity contribution in [2.45, 2.75) is 67.3 Å². The molecule has 0 heterocycles. The summed E-state index contributed by atoms with van der Waals surface area (Å²) in [4.78, 5) is 2.43. The summed E-state index contributed by atoms with van der Waals surface area (Å²) in [7, 11) is 2.24. The predicted molar refractivity (Wildman–Crippen MR) is 90.6 cm³/mol. The molecular weight excluding hydrogens is 242 g/mol. The third-order valence-electron chi connectivity index (χ3n) is 6.20. The summed E-state index contributed by atoms with van der Waals surface area (Å²) in [5.74, 6) is 2.06. The zero-order valence-electron chi connectivity index (χ0n) is 14.9. The molecule has 20 heavy (non-hydrogen) atoms. The van der Waals surface area contributed by atoms with Gasteiger partial charge in [0.05, 0.1) is 0 Å². The molecule has 0 spiro atoms. The lowest BCUT2D eigenvalue weighted by Crippen LogP contribution is -2.39. The first-order valence-electron chi connectivity index (χ1n) is 8.35. The van der Waals surface area contributed by atoms with E-state index in [1.165, 1.54) is 18.4 Å². The highest BCUT2D eigenvalue weighted by Crippen LogP contribution is 2.38. The van der Waals surface area contributed by atoms with Gasteiger partial charge < -0.3 is 4.90 Å². The van der Waals surface area contributed by atoms with E-state index < -0.39 is 0 Å². The molecule has 116 valence electrons. The maximum atomic E-state index is 2.44. The van der Waals surface area contributed by atoms with Crippen LogP contribution in [0.2, 0.25) is 0 Å². The van der Waals surface area contributed by atoms with Gasteiger partial charge in [0.2, 0.25) is 0 Å². The fraction of sp³-hybridized carbons (Fsp3) is 0.789. The number of hydrogen-bond donors (Lipinski definition) is 0. The Labute approximate surface area is 127 Å². The summed E-state index contributed by atoms with van der Waals surface area (Å²) in [5, 5.41) is 0. The first-order valence-corrected chi connectivity index (χ1v) is 8.35. The first-order chi connectivity index (χ1) is 9.26. The van der Waals surface area contributed by atoms with E-state index >= 15 is 0 Å². The average molecular weight is 277 g/mol. The highest BCUT2D eigenvalue weighted by Gasteiger charge is 2.32. The molecule has 1 heteroatoms. The second-order valence-corrected chi connectivity index (χ2v) is 7.20. The molecule has 1 rings (SSSR count). The third-order valence-corrected chi connectivity index (χ3v) is 6.20. The van der Waals surface area contributed by atoms with Crippen molar-refractivity contribution >= 4 is 0 Å². The van der Waals surface area contributed by atoms with Gasteiger partial charge in [0.15, 0.2) is 0 Å². The molecule has 0 amide bonds. The van der Waals surface area contributed by atoms with Crippen LogP contribution in [0.1, 0.15) is 61.3 Å². The number of hydrogen-bond acceptors (Lipinski definition) is 1. The van der Waals surface area contributed by atoms with Crippen LogP contribution in [0, 0.1) is 23.2 Å². The lowest BCUT2D eigenvalue weighted by molar-refractivity contribution is 0.107. The minimum Gasteiger partial charge on any atom is -0.377 e. The minimum atomic E-state index is 0.444. The van der Waals surface area contributed by atoms with E-state index in [2.05, 4.69) is 78.8 Å². The van der Waals surface area contributed by atoms with Crippen molar-refractivity contribution in [3.8, 4) is 0 Å². The normalized spacial score (nSPS) is 26.1. The summed E-state index contributed by atoms with van der Waals surface area (Å²) < 4.78 is 0. The average Bonchev–Trinajstić information content (AvgIpc) is 2.42. The molecule has 0 aliphatic heterocycles. The number of rotatable bonds is 7. The van der Waals surface area contributed by atoms with Crippen LogP contribution >= 0.6 is 0 Å². The van der Waals surface area contributed by atoms with Gasteiger partial charge in [-0.25, -0.2) is 0 Å². The van der Waals surface area contributed by atoms with E-state index in [9.17, 15) is 0 Å². The molecule has 1 aliphatic carbocycles. The molecule has 0 fully saturated rings. The minimum absolute atomic E-state index is 0.444. The second kappa shape index (κ2) is 6.83. The van der Waals surface area contributed by atoms with Gasteiger partial charge in [-0.1, -0.05) is 59.6 Å². The van der Waals surface area contributed by atoms with E-state index in [1.807, 2.05) is 0 Å². The fourth-order valence-corrected chi connectivity index (χ4v) is 3.36. The van der Waals surface area contributed by atoms with Gasteiger partial charge in [-0.2, -0.15) is 0 Å². The molecule has 0 aromatic rings. The Morgan fingerprint density at radius 3 is 2.15 bits per heavy atom. The molecule has 0 N–H and O–H groups in total. The van der Waals surface area contributed by atoms with E-state index in [-0.39, 0.29) is 0 Å². The predicted octanol–water partition coefficient (Wildman–Crippen LogP) is 5.50. The van der Waals surface area contributed by atoms with Crippen LogP contribution in [0.3, 0.4) is 0 Å². The summed E-state index contributed by atoms with van der Waals surface area (Å²) >= 11 is 0. The monoisotopic (exact) mass is 277 g/mol. The Bertz CT molecular complexity index is 362. The van der Waals surface area contributed by atoms with Crippen molar-refractivity contribution in [2.24, 2.45) is 23.2 Å². The molecule has 0 radical (unpaired) electrons. The highest BCUT2D eigenvalue weighted by atomic mass is 15.1. The van der Waals surface area contributed by atoms with Gasteiger partial charge in [0.25, 0.3) is 0 Å². The summed E-state index contributed by atoms with van der Waals surface area (Å²) in [5.41, 5.74) is 1.94. The second-order valence-electron chi connectivity index (χ2n) is 7.20. The Kier molecular flexibility index (Phi) is 5.91. The number of nitrogens with zero attached hydrogens (tertiary/aromatic N) is 1.